The van der Waals surface area contributed by atoms with Gasteiger partial charge in [-0.05, 0) is 54.3 Å². The molecule has 37 heavy (non-hydrogen) atoms. The fourth-order valence-electron chi connectivity index (χ4n) is 5.49. The van der Waals surface area contributed by atoms with Gasteiger partial charge in [0.1, 0.15) is 11.6 Å². The van der Waals surface area contributed by atoms with Gasteiger partial charge >= 0.3 is 0 Å². The number of aromatic amines is 2. The highest BCUT2D eigenvalue weighted by Crippen LogP contribution is 2.29. The number of benzene rings is 3. The highest BCUT2D eigenvalue weighted by Gasteiger charge is 2.27. The van der Waals surface area contributed by atoms with Crippen LogP contribution in [0, 0.1) is 0 Å². The minimum Gasteiger partial charge on any atom is -0.341 e. The number of rotatable bonds is 6. The van der Waals surface area contributed by atoms with Crippen LogP contribution in [0.25, 0.3) is 33.5 Å². The summed E-state index contributed by atoms with van der Waals surface area (Å²) in [6, 6.07) is 25.8. The monoisotopic (exact) mass is 484 g/mol. The molecule has 1 aliphatic heterocycles. The predicted octanol–water partition coefficient (Wildman–Crippen LogP) is 6.21. The van der Waals surface area contributed by atoms with E-state index in [0.29, 0.717) is 12.1 Å². The summed E-state index contributed by atoms with van der Waals surface area (Å²) >= 11 is 0. The number of aliphatic imine (C=N–C) groups is 1. The molecule has 6 heteroatoms. The van der Waals surface area contributed by atoms with E-state index in [1.54, 1.807) is 0 Å². The number of H-pyrrole nitrogens is 2. The van der Waals surface area contributed by atoms with Crippen molar-refractivity contribution >= 4 is 28.3 Å². The minimum atomic E-state index is 0.303. The topological polar surface area (TPSA) is 73.0 Å². The molecule has 3 aromatic carbocycles. The number of imidazole rings is 2. The van der Waals surface area contributed by atoms with Crippen molar-refractivity contribution in [1.29, 1.82) is 0 Å². The van der Waals surface area contributed by atoms with Crippen LogP contribution in [0.2, 0.25) is 0 Å². The Bertz CT molecular complexity index is 1590. The largest absolute Gasteiger partial charge is 0.341 e. The first-order valence-corrected chi connectivity index (χ1v) is 12.9. The third-order valence-electron chi connectivity index (χ3n) is 7.41. The number of dihydropyridines is 1. The maximum absolute atomic E-state index is 4.88. The molecule has 0 saturated carbocycles. The van der Waals surface area contributed by atoms with Gasteiger partial charge in [-0.15, -0.1) is 0 Å². The predicted molar refractivity (Wildman–Crippen MR) is 149 cm³/mol. The molecular formula is C31H28N6. The molecule has 0 radical (unpaired) electrons. The molecule has 1 aliphatic carbocycles. The van der Waals surface area contributed by atoms with Crippen LogP contribution in [0.4, 0.5) is 0 Å². The quantitative estimate of drug-likeness (QED) is 0.301. The van der Waals surface area contributed by atoms with Crippen molar-refractivity contribution in [2.45, 2.75) is 38.0 Å². The zero-order valence-corrected chi connectivity index (χ0v) is 20.5. The van der Waals surface area contributed by atoms with Gasteiger partial charge in [0.15, 0.2) is 0 Å². The molecule has 2 atom stereocenters. The summed E-state index contributed by atoms with van der Waals surface area (Å²) in [5.74, 6) is 1.90. The van der Waals surface area contributed by atoms with Gasteiger partial charge < -0.3 is 9.97 Å². The molecule has 0 spiro atoms. The van der Waals surface area contributed by atoms with E-state index in [9.17, 15) is 0 Å². The molecule has 6 nitrogen and oxygen atoms in total. The Morgan fingerprint density at radius 1 is 0.784 bits per heavy atom. The van der Waals surface area contributed by atoms with E-state index in [1.165, 1.54) is 11.1 Å². The van der Waals surface area contributed by atoms with Crippen molar-refractivity contribution in [2.24, 2.45) is 4.99 Å². The maximum Gasteiger partial charge on any atom is 0.138 e. The fourth-order valence-corrected chi connectivity index (χ4v) is 5.49. The van der Waals surface area contributed by atoms with E-state index in [1.807, 2.05) is 42.6 Å². The van der Waals surface area contributed by atoms with Crippen LogP contribution in [0.3, 0.4) is 0 Å². The molecule has 2 N–H and O–H groups in total. The van der Waals surface area contributed by atoms with Gasteiger partial charge in [0.25, 0.3) is 0 Å². The van der Waals surface area contributed by atoms with Gasteiger partial charge in [0.05, 0.1) is 34.7 Å². The van der Waals surface area contributed by atoms with Crippen molar-refractivity contribution < 1.29 is 0 Å². The van der Waals surface area contributed by atoms with Crippen LogP contribution >= 0.6 is 0 Å². The smallest absolute Gasteiger partial charge is 0.138 e. The number of aromatic nitrogens is 4. The number of hydrogen-bond donors (Lipinski definition) is 2. The molecular weight excluding hydrogens is 456 g/mol. The third kappa shape index (κ3) is 4.41. The number of hydrogen-bond acceptors (Lipinski definition) is 4. The van der Waals surface area contributed by atoms with Crippen molar-refractivity contribution in [3.05, 3.63) is 108 Å². The molecule has 0 bridgehead atoms. The Hall–Kier alpha value is -4.29. The lowest BCUT2D eigenvalue weighted by molar-refractivity contribution is 0.188. The molecule has 2 aliphatic rings. The maximum atomic E-state index is 4.88. The minimum absolute atomic E-state index is 0.303. The van der Waals surface area contributed by atoms with Crippen molar-refractivity contribution in [1.82, 2.24) is 24.8 Å². The van der Waals surface area contributed by atoms with E-state index in [0.717, 1.165) is 65.2 Å². The summed E-state index contributed by atoms with van der Waals surface area (Å²) in [5.41, 5.74) is 7.84. The van der Waals surface area contributed by atoms with Gasteiger partial charge in [-0.2, -0.15) is 0 Å². The third-order valence-corrected chi connectivity index (χ3v) is 7.41. The molecule has 182 valence electrons. The number of para-hydroxylation sites is 4. The van der Waals surface area contributed by atoms with E-state index < -0.39 is 0 Å². The van der Waals surface area contributed by atoms with Crippen molar-refractivity contribution in [3.8, 4) is 11.4 Å². The number of nitrogens with zero attached hydrogens (tertiary/aromatic N) is 4. The summed E-state index contributed by atoms with van der Waals surface area (Å²) in [5, 5.41) is 0. The highest BCUT2D eigenvalue weighted by molar-refractivity contribution is 5.79. The van der Waals surface area contributed by atoms with Crippen LogP contribution in [-0.4, -0.2) is 43.1 Å². The first kappa shape index (κ1) is 21.9. The second kappa shape index (κ2) is 9.30. The second-order valence-electron chi connectivity index (χ2n) is 9.89. The van der Waals surface area contributed by atoms with Crippen LogP contribution in [0.15, 0.2) is 102 Å². The Labute approximate surface area is 215 Å². The summed E-state index contributed by atoms with van der Waals surface area (Å²) in [6.07, 6.45) is 10.7. The van der Waals surface area contributed by atoms with E-state index in [4.69, 9.17) is 9.97 Å². The number of allylic oxidation sites excluding steroid dienone is 1. The number of nitrogens with one attached hydrogen (secondary N) is 2. The van der Waals surface area contributed by atoms with Crippen LogP contribution in [-0.2, 0) is 13.1 Å². The van der Waals surface area contributed by atoms with Gasteiger partial charge in [-0.25, -0.2) is 9.97 Å². The summed E-state index contributed by atoms with van der Waals surface area (Å²) < 4.78 is 0. The SMILES string of the molecule is C1=CC2=CC(N(Cc3ccc(-c4nc5ccccc5[nH]4)cc3)Cc3nc4ccccc4[nH]3)CCC2N=C1. The summed E-state index contributed by atoms with van der Waals surface area (Å²) in [7, 11) is 0. The first-order chi connectivity index (χ1) is 18.3. The van der Waals surface area contributed by atoms with E-state index in [2.05, 4.69) is 74.5 Å². The summed E-state index contributed by atoms with van der Waals surface area (Å²) in [6.45, 7) is 1.59. The molecule has 5 aromatic rings. The molecule has 7 rings (SSSR count). The lowest BCUT2D eigenvalue weighted by Gasteiger charge is -2.34. The van der Waals surface area contributed by atoms with E-state index in [-0.39, 0.29) is 0 Å². The Kier molecular flexibility index (Phi) is 5.52. The molecule has 0 amide bonds. The Morgan fingerprint density at radius 3 is 2.32 bits per heavy atom. The standard InChI is InChI=1S/C31H28N6/c1-2-8-27-26(7-1)33-30(34-27)20-37(24-15-16-25-23(18-24)6-5-17-32-25)19-21-11-13-22(14-12-21)31-35-28-9-3-4-10-29(28)36-31/h1-14,17-18,24-25H,15-16,19-20H2,(H,33,34)(H,35,36). The average molecular weight is 485 g/mol. The second-order valence-corrected chi connectivity index (χ2v) is 9.89. The Morgan fingerprint density at radius 2 is 1.54 bits per heavy atom. The lowest BCUT2D eigenvalue weighted by Crippen LogP contribution is -2.37. The van der Waals surface area contributed by atoms with Gasteiger partial charge in [0.2, 0.25) is 0 Å². The van der Waals surface area contributed by atoms with Crippen molar-refractivity contribution in [2.75, 3.05) is 0 Å². The lowest BCUT2D eigenvalue weighted by atomic mass is 9.89. The highest BCUT2D eigenvalue weighted by atomic mass is 15.2. The van der Waals surface area contributed by atoms with Crippen molar-refractivity contribution in [3.63, 3.8) is 0 Å². The normalized spacial score (nSPS) is 19.0. The van der Waals surface area contributed by atoms with Crippen LogP contribution in [0.5, 0.6) is 0 Å². The van der Waals surface area contributed by atoms with Crippen LogP contribution in [0.1, 0.15) is 24.2 Å². The molecule has 2 aromatic heterocycles. The number of fused-ring (bicyclic) bond motifs is 3. The zero-order chi connectivity index (χ0) is 24.6. The van der Waals surface area contributed by atoms with Crippen LogP contribution < -0.4 is 0 Å². The van der Waals surface area contributed by atoms with Gasteiger partial charge in [0, 0.05) is 24.4 Å². The molecule has 2 unspecified atom stereocenters. The fraction of sp³-hybridized carbons (Fsp3) is 0.194. The molecule has 0 fully saturated rings. The first-order valence-electron chi connectivity index (χ1n) is 12.9. The molecule has 3 heterocycles. The van der Waals surface area contributed by atoms with Gasteiger partial charge in [-0.3, -0.25) is 9.89 Å². The zero-order valence-electron chi connectivity index (χ0n) is 20.5. The average Bonchev–Trinajstić information content (AvgIpc) is 3.57. The molecule has 0 saturated heterocycles. The Balaban J connectivity index is 1.17. The summed E-state index contributed by atoms with van der Waals surface area (Å²) in [4.78, 5) is 23.8. The van der Waals surface area contributed by atoms with E-state index >= 15 is 0 Å². The van der Waals surface area contributed by atoms with Gasteiger partial charge in [-0.1, -0.05) is 60.7 Å².